The molecule has 0 saturated carbocycles. The third-order valence-corrected chi connectivity index (χ3v) is 13.4. The second kappa shape index (κ2) is 22.0. The number of unbranched alkanes of at least 4 members (excludes halogenated alkanes) is 2. The van der Waals surface area contributed by atoms with Crippen LogP contribution in [0, 0.1) is 0 Å². The van der Waals surface area contributed by atoms with Gasteiger partial charge in [-0.1, -0.05) is 52.0 Å². The van der Waals surface area contributed by atoms with Gasteiger partial charge in [0.2, 0.25) is 0 Å². The van der Waals surface area contributed by atoms with E-state index in [1.54, 1.807) is 12.1 Å². The van der Waals surface area contributed by atoms with E-state index in [0.717, 1.165) is 53.0 Å². The van der Waals surface area contributed by atoms with Crippen LogP contribution in [0.15, 0.2) is 93.4 Å². The molecule has 5 rings (SSSR count). The van der Waals surface area contributed by atoms with Gasteiger partial charge in [-0.3, -0.25) is 5.04 Å². The summed E-state index contributed by atoms with van der Waals surface area (Å²) >= 11 is 0.799. The van der Waals surface area contributed by atoms with Gasteiger partial charge in [0.15, 0.2) is 0 Å². The molecule has 2 aliphatic heterocycles. The zero-order chi connectivity index (χ0) is 40.4. The number of hydrogen-bond acceptors (Lipinski definition) is 15. The van der Waals surface area contributed by atoms with E-state index in [-0.39, 0.29) is 112 Å². The third kappa shape index (κ3) is 13.7. The van der Waals surface area contributed by atoms with E-state index in [4.69, 9.17) is 0 Å². The Morgan fingerprint density at radius 3 is 2.02 bits per heavy atom. The molecule has 2 heterocycles. The number of benzene rings is 2. The van der Waals surface area contributed by atoms with Crippen LogP contribution >= 0.6 is 12.0 Å². The minimum absolute atomic E-state index is 0. The van der Waals surface area contributed by atoms with Gasteiger partial charge in [0.1, 0.15) is 10.1 Å². The summed E-state index contributed by atoms with van der Waals surface area (Å²) < 4.78 is 108. The van der Waals surface area contributed by atoms with Crippen LogP contribution in [0.3, 0.4) is 0 Å². The Hall–Kier alpha value is -0.0400. The molecule has 0 spiro atoms. The van der Waals surface area contributed by atoms with Crippen LogP contribution < -0.4 is 104 Å². The van der Waals surface area contributed by atoms with Crippen LogP contribution in [0.5, 0.6) is 0 Å². The predicted octanol–water partition coefficient (Wildman–Crippen LogP) is -4.17. The third-order valence-electron chi connectivity index (χ3n) is 10.4. The van der Waals surface area contributed by atoms with Crippen molar-refractivity contribution >= 4 is 53.8 Å². The summed E-state index contributed by atoms with van der Waals surface area (Å²) in [5, 5.41) is 14.0. The van der Waals surface area contributed by atoms with Gasteiger partial charge in [-0.2, -0.15) is 4.33 Å². The Morgan fingerprint density at radius 1 is 0.793 bits per heavy atom. The Labute approximate surface area is 413 Å². The van der Waals surface area contributed by atoms with Crippen LogP contribution in [0.2, 0.25) is 0 Å². The zero-order valence-corrected chi connectivity index (χ0v) is 43.2. The topological polar surface area (TPSA) is 220 Å². The fraction of sp³-hybridized carbons (Fsp3) is 0.459. The Morgan fingerprint density at radius 2 is 1.41 bits per heavy atom. The fourth-order valence-corrected chi connectivity index (χ4v) is 9.69. The first-order valence-electron chi connectivity index (χ1n) is 17.7. The van der Waals surface area contributed by atoms with Crippen LogP contribution in [0.1, 0.15) is 77.3 Å². The molecule has 0 N–H and O–H groups in total. The molecule has 1 atom stereocenters. The largest absolute Gasteiger partial charge is 1.00 e. The molecular formula is C37H44N2Na3O12S4-. The number of allylic oxidation sites excluding steroid dienone is 7. The van der Waals surface area contributed by atoms with E-state index in [0.29, 0.717) is 42.1 Å². The maximum absolute atomic E-state index is 11.9. The van der Waals surface area contributed by atoms with Crippen LogP contribution in [-0.4, -0.2) is 69.5 Å². The van der Waals surface area contributed by atoms with Crippen LogP contribution in [0.25, 0.3) is 0 Å². The zero-order valence-electron chi connectivity index (χ0n) is 33.9. The standard InChI is InChI=1S/C37H48N2O12S4.3Na/c1-36(2)30-24-28(52-51-50-40)13-15-32(30)38(19-5-7-21-53(41,42)43)34(36)17-11-26-9-10-27(23-26)12-18-35-37(3,4)31-25-29(55(47,48)49)14-16-33(31)39(35)20-6-8-22-54(44,45)46;;;/h11-18,23-25,34,40H,5-10,19-22H2,1-4H3,(H,41,42,43)(H,44,45,46)(H,47,48,49);;;/q;3*+1/p-4/b17-11?,27-12?,35-18+;;;. The Balaban J connectivity index is 0.00000387. The molecule has 58 heavy (non-hydrogen) atoms. The molecule has 2 aromatic carbocycles. The maximum atomic E-state index is 11.9. The second-order valence-corrected chi connectivity index (χ2v) is 20.2. The van der Waals surface area contributed by atoms with Crippen molar-refractivity contribution in [1.82, 2.24) is 0 Å². The van der Waals surface area contributed by atoms with E-state index in [2.05, 4.69) is 46.3 Å². The molecule has 2 aromatic rings. The molecule has 21 heteroatoms. The van der Waals surface area contributed by atoms with E-state index in [1.165, 1.54) is 12.1 Å². The molecule has 0 saturated heterocycles. The first kappa shape index (κ1) is 54.1. The minimum atomic E-state index is -4.71. The SMILES string of the molecule is CC1(C)/C(=C\C=C2C=C(C=CC3N(CCCCS(=O)(=O)[O-])c4ccc(SOO[O-])cc4C3(C)C)CC2)N(CCCCS(=O)(=O)[O-])c2ccc(S(=O)(=O)[O-])cc21.[Na+].[Na+].[Na+]. The van der Waals surface area contributed by atoms with E-state index < -0.39 is 52.7 Å². The summed E-state index contributed by atoms with van der Waals surface area (Å²) in [5.74, 6) is -0.928. The van der Waals surface area contributed by atoms with E-state index >= 15 is 0 Å². The molecular weight excluding hydrogens is 862 g/mol. The average Bonchev–Trinajstić information content (AvgIpc) is 3.69. The molecule has 302 valence electrons. The number of rotatable bonds is 17. The number of hydrogen-bond donors (Lipinski definition) is 0. The van der Waals surface area contributed by atoms with Crippen molar-refractivity contribution in [2.24, 2.45) is 0 Å². The summed E-state index contributed by atoms with van der Waals surface area (Å²) in [6.07, 6.45) is 13.1. The normalized spacial score (nSPS) is 19.8. The van der Waals surface area contributed by atoms with Crippen molar-refractivity contribution in [2.75, 3.05) is 34.4 Å². The molecule has 0 aromatic heterocycles. The fourth-order valence-electron chi connectivity index (χ4n) is 7.68. The number of fused-ring (bicyclic) bond motifs is 2. The van der Waals surface area contributed by atoms with Crippen molar-refractivity contribution in [3.05, 3.63) is 94.7 Å². The Kier molecular flexibility index (Phi) is 20.6. The first-order valence-corrected chi connectivity index (χ1v) is 23.0. The summed E-state index contributed by atoms with van der Waals surface area (Å²) in [4.78, 5) is 4.51. The van der Waals surface area contributed by atoms with Crippen molar-refractivity contribution in [3.63, 3.8) is 0 Å². The molecule has 1 unspecified atom stereocenters. The molecule has 0 amide bonds. The molecule has 0 fully saturated rings. The first-order chi connectivity index (χ1) is 25.6. The molecule has 0 bridgehead atoms. The number of nitrogens with zero attached hydrogens (tertiary/aromatic N) is 2. The van der Waals surface area contributed by atoms with Crippen LogP contribution in [-0.2, 0) is 50.6 Å². The molecule has 0 radical (unpaired) electrons. The summed E-state index contributed by atoms with van der Waals surface area (Å²) in [6.45, 7) is 8.94. The van der Waals surface area contributed by atoms with Crippen molar-refractivity contribution < 1.29 is 142 Å². The van der Waals surface area contributed by atoms with Crippen molar-refractivity contribution in [2.45, 2.75) is 92.9 Å². The summed E-state index contributed by atoms with van der Waals surface area (Å²) in [7, 11) is -13.4. The van der Waals surface area contributed by atoms with Gasteiger partial charge < -0.3 is 28.7 Å². The van der Waals surface area contributed by atoms with E-state index in [1.807, 2.05) is 43.0 Å². The average molecular weight is 906 g/mol. The van der Waals surface area contributed by atoms with Gasteiger partial charge in [0.25, 0.3) is 0 Å². The second-order valence-electron chi connectivity index (χ2n) is 15.0. The predicted molar refractivity (Wildman–Crippen MR) is 204 cm³/mol. The molecule has 3 aliphatic rings. The van der Waals surface area contributed by atoms with Crippen molar-refractivity contribution in [1.29, 1.82) is 0 Å². The monoisotopic (exact) mass is 905 g/mol. The molecule has 1 aliphatic carbocycles. The Bertz CT molecular complexity index is 2240. The smallest absolute Gasteiger partial charge is 0.748 e. The van der Waals surface area contributed by atoms with Gasteiger partial charge >= 0.3 is 88.7 Å². The minimum Gasteiger partial charge on any atom is -0.748 e. The van der Waals surface area contributed by atoms with Crippen LogP contribution in [0.4, 0.5) is 11.4 Å². The van der Waals surface area contributed by atoms with Gasteiger partial charge in [0.05, 0.1) is 43.2 Å². The summed E-state index contributed by atoms with van der Waals surface area (Å²) in [6, 6.07) is 9.78. The van der Waals surface area contributed by atoms with Gasteiger partial charge in [-0.05, 0) is 103 Å². The molecule has 14 nitrogen and oxygen atoms in total. The van der Waals surface area contributed by atoms with Gasteiger partial charge in [-0.25, -0.2) is 25.3 Å². The number of anilines is 2. The van der Waals surface area contributed by atoms with Crippen molar-refractivity contribution in [3.8, 4) is 0 Å². The van der Waals surface area contributed by atoms with Gasteiger partial charge in [-0.15, -0.1) is 0 Å². The van der Waals surface area contributed by atoms with Gasteiger partial charge in [0, 0.05) is 57.4 Å². The summed E-state index contributed by atoms with van der Waals surface area (Å²) in [5.41, 5.74) is 5.14. The van der Waals surface area contributed by atoms with E-state index in [9.17, 15) is 44.2 Å². The maximum Gasteiger partial charge on any atom is 1.00 e. The quantitative estimate of drug-likeness (QED) is 0.0368.